The van der Waals surface area contributed by atoms with E-state index < -0.39 is 0 Å². The summed E-state index contributed by atoms with van der Waals surface area (Å²) in [6.07, 6.45) is 2.45. The fourth-order valence-electron chi connectivity index (χ4n) is 2.48. The average molecular weight is 249 g/mol. The molecule has 3 nitrogen and oxygen atoms in total. The van der Waals surface area contributed by atoms with Crippen LogP contribution < -0.4 is 10.1 Å². The van der Waals surface area contributed by atoms with Crippen LogP contribution in [0.2, 0.25) is 0 Å². The van der Waals surface area contributed by atoms with Crippen LogP contribution in [0.25, 0.3) is 0 Å². The maximum atomic E-state index is 5.80. The largest absolute Gasteiger partial charge is 0.491 e. The van der Waals surface area contributed by atoms with E-state index in [0.29, 0.717) is 19.3 Å². The minimum absolute atomic E-state index is 0.424. The number of rotatable bonds is 5. The van der Waals surface area contributed by atoms with Crippen molar-refractivity contribution < 1.29 is 9.47 Å². The Labute approximate surface area is 109 Å². The Morgan fingerprint density at radius 1 is 1.28 bits per heavy atom. The predicted molar refractivity (Wildman–Crippen MR) is 73.0 cm³/mol. The fourth-order valence-corrected chi connectivity index (χ4v) is 2.48. The first-order valence-corrected chi connectivity index (χ1v) is 6.75. The van der Waals surface area contributed by atoms with Crippen LogP contribution in [0.15, 0.2) is 24.3 Å². The van der Waals surface area contributed by atoms with Gasteiger partial charge in [-0.15, -0.1) is 0 Å². The van der Waals surface area contributed by atoms with E-state index in [1.54, 1.807) is 7.11 Å². The van der Waals surface area contributed by atoms with Crippen LogP contribution in [0.3, 0.4) is 0 Å². The van der Waals surface area contributed by atoms with Gasteiger partial charge in [0.05, 0.1) is 6.61 Å². The smallest absolute Gasteiger partial charge is 0.124 e. The molecule has 1 aromatic rings. The van der Waals surface area contributed by atoms with Gasteiger partial charge in [-0.3, -0.25) is 0 Å². The highest BCUT2D eigenvalue weighted by atomic mass is 16.5. The molecule has 3 heteroatoms. The second-order valence-electron chi connectivity index (χ2n) is 5.02. The standard InChI is InChI=1S/C15H23NO2/c1-12-7-8-16-14(11-12)13-5-3-4-6-15(13)18-10-9-17-2/h3-6,12,14,16H,7-11H2,1-2H3. The summed E-state index contributed by atoms with van der Waals surface area (Å²) in [5, 5.41) is 3.59. The average Bonchev–Trinajstić information content (AvgIpc) is 2.40. The third-order valence-electron chi connectivity index (χ3n) is 3.51. The highest BCUT2D eigenvalue weighted by Gasteiger charge is 2.22. The van der Waals surface area contributed by atoms with Crippen LogP contribution in [-0.2, 0) is 4.74 Å². The van der Waals surface area contributed by atoms with Crippen molar-refractivity contribution in [2.75, 3.05) is 26.9 Å². The molecule has 1 aromatic carbocycles. The third kappa shape index (κ3) is 3.47. The SMILES string of the molecule is COCCOc1ccccc1C1CC(C)CCN1. The Bertz CT molecular complexity index is 367. The van der Waals surface area contributed by atoms with E-state index in [1.807, 2.05) is 12.1 Å². The van der Waals surface area contributed by atoms with Crippen molar-refractivity contribution >= 4 is 0 Å². The van der Waals surface area contributed by atoms with Gasteiger partial charge in [0.15, 0.2) is 0 Å². The van der Waals surface area contributed by atoms with Gasteiger partial charge in [-0.05, 0) is 31.4 Å². The molecule has 1 fully saturated rings. The topological polar surface area (TPSA) is 30.5 Å². The molecule has 18 heavy (non-hydrogen) atoms. The van der Waals surface area contributed by atoms with Crippen molar-refractivity contribution in [2.45, 2.75) is 25.8 Å². The van der Waals surface area contributed by atoms with E-state index in [4.69, 9.17) is 9.47 Å². The van der Waals surface area contributed by atoms with Gasteiger partial charge >= 0.3 is 0 Å². The lowest BCUT2D eigenvalue weighted by Crippen LogP contribution is -2.31. The van der Waals surface area contributed by atoms with Crippen LogP contribution in [-0.4, -0.2) is 26.9 Å². The van der Waals surface area contributed by atoms with Gasteiger partial charge in [0.1, 0.15) is 12.4 Å². The zero-order chi connectivity index (χ0) is 12.8. The molecule has 1 saturated heterocycles. The van der Waals surface area contributed by atoms with Crippen molar-refractivity contribution in [3.05, 3.63) is 29.8 Å². The summed E-state index contributed by atoms with van der Waals surface area (Å²) >= 11 is 0. The molecule has 0 bridgehead atoms. The van der Waals surface area contributed by atoms with Gasteiger partial charge in [-0.1, -0.05) is 25.1 Å². The van der Waals surface area contributed by atoms with Crippen LogP contribution in [0.5, 0.6) is 5.75 Å². The minimum atomic E-state index is 0.424. The Kier molecular flexibility index (Phi) is 5.02. The molecular formula is C15H23NO2. The third-order valence-corrected chi connectivity index (χ3v) is 3.51. The lowest BCUT2D eigenvalue weighted by atomic mass is 9.90. The highest BCUT2D eigenvalue weighted by molar-refractivity contribution is 5.36. The number of piperidine rings is 1. The molecule has 0 amide bonds. The summed E-state index contributed by atoms with van der Waals surface area (Å²) in [7, 11) is 1.69. The van der Waals surface area contributed by atoms with Gasteiger partial charge in [-0.2, -0.15) is 0 Å². The quantitative estimate of drug-likeness (QED) is 0.814. The van der Waals surface area contributed by atoms with E-state index in [2.05, 4.69) is 24.4 Å². The molecule has 0 spiro atoms. The maximum Gasteiger partial charge on any atom is 0.124 e. The zero-order valence-corrected chi connectivity index (χ0v) is 11.3. The van der Waals surface area contributed by atoms with Gasteiger partial charge < -0.3 is 14.8 Å². The molecule has 2 rings (SSSR count). The normalized spacial score (nSPS) is 23.9. The van der Waals surface area contributed by atoms with Crippen LogP contribution in [0.1, 0.15) is 31.4 Å². The minimum Gasteiger partial charge on any atom is -0.491 e. The molecule has 100 valence electrons. The van der Waals surface area contributed by atoms with E-state index in [-0.39, 0.29) is 0 Å². The number of nitrogens with one attached hydrogen (secondary N) is 1. The Hall–Kier alpha value is -1.06. The van der Waals surface area contributed by atoms with E-state index >= 15 is 0 Å². The zero-order valence-electron chi connectivity index (χ0n) is 11.3. The Morgan fingerprint density at radius 3 is 2.89 bits per heavy atom. The van der Waals surface area contributed by atoms with Crippen molar-refractivity contribution in [3.63, 3.8) is 0 Å². The number of para-hydroxylation sites is 1. The molecule has 0 aromatic heterocycles. The number of benzene rings is 1. The predicted octanol–water partition coefficient (Wildman–Crippen LogP) is 2.77. The lowest BCUT2D eigenvalue weighted by Gasteiger charge is -2.29. The molecule has 1 aliphatic heterocycles. The fraction of sp³-hybridized carbons (Fsp3) is 0.600. The molecule has 1 heterocycles. The number of hydrogen-bond donors (Lipinski definition) is 1. The van der Waals surface area contributed by atoms with E-state index in [0.717, 1.165) is 18.2 Å². The van der Waals surface area contributed by atoms with Crippen LogP contribution >= 0.6 is 0 Å². The summed E-state index contributed by atoms with van der Waals surface area (Å²) in [6, 6.07) is 8.74. The number of methoxy groups -OCH3 is 1. The monoisotopic (exact) mass is 249 g/mol. The van der Waals surface area contributed by atoms with Crippen LogP contribution in [0.4, 0.5) is 0 Å². The van der Waals surface area contributed by atoms with Crippen molar-refractivity contribution in [1.82, 2.24) is 5.32 Å². The first kappa shape index (κ1) is 13.4. The van der Waals surface area contributed by atoms with Gasteiger partial charge in [0.25, 0.3) is 0 Å². The molecule has 0 aliphatic carbocycles. The molecule has 0 radical (unpaired) electrons. The first-order chi connectivity index (χ1) is 8.81. The maximum absolute atomic E-state index is 5.80. The van der Waals surface area contributed by atoms with Crippen molar-refractivity contribution in [3.8, 4) is 5.75 Å². The molecular weight excluding hydrogens is 226 g/mol. The second-order valence-corrected chi connectivity index (χ2v) is 5.02. The number of ether oxygens (including phenoxy) is 2. The molecule has 2 atom stereocenters. The summed E-state index contributed by atoms with van der Waals surface area (Å²) in [5.41, 5.74) is 1.28. The van der Waals surface area contributed by atoms with E-state index in [9.17, 15) is 0 Å². The van der Waals surface area contributed by atoms with Gasteiger partial charge in [0, 0.05) is 18.7 Å². The van der Waals surface area contributed by atoms with Crippen molar-refractivity contribution in [1.29, 1.82) is 0 Å². The van der Waals surface area contributed by atoms with Crippen molar-refractivity contribution in [2.24, 2.45) is 5.92 Å². The molecule has 2 unspecified atom stereocenters. The Balaban J connectivity index is 2.06. The molecule has 1 aliphatic rings. The summed E-state index contributed by atoms with van der Waals surface area (Å²) in [5.74, 6) is 1.77. The molecule has 0 saturated carbocycles. The van der Waals surface area contributed by atoms with Gasteiger partial charge in [-0.25, -0.2) is 0 Å². The lowest BCUT2D eigenvalue weighted by molar-refractivity contribution is 0.145. The summed E-state index contributed by atoms with van der Waals surface area (Å²) in [6.45, 7) is 4.65. The van der Waals surface area contributed by atoms with E-state index in [1.165, 1.54) is 18.4 Å². The summed E-state index contributed by atoms with van der Waals surface area (Å²) in [4.78, 5) is 0. The second kappa shape index (κ2) is 6.76. The number of hydrogen-bond acceptors (Lipinski definition) is 3. The summed E-state index contributed by atoms with van der Waals surface area (Å²) < 4.78 is 10.8. The molecule has 1 N–H and O–H groups in total. The van der Waals surface area contributed by atoms with Crippen LogP contribution in [0, 0.1) is 5.92 Å². The first-order valence-electron chi connectivity index (χ1n) is 6.75. The highest BCUT2D eigenvalue weighted by Crippen LogP contribution is 2.32. The Morgan fingerprint density at radius 2 is 2.11 bits per heavy atom. The van der Waals surface area contributed by atoms with Gasteiger partial charge in [0.2, 0.25) is 0 Å².